The maximum absolute atomic E-state index is 13.3. The SMILES string of the molecule is Cc1ccc(F)cc1S(=O)(=O)Nc1ccc2[nH]c(=O)sc2c1. The van der Waals surface area contributed by atoms with Crippen molar-refractivity contribution in [3.63, 3.8) is 0 Å². The lowest BCUT2D eigenvalue weighted by atomic mass is 10.2. The summed E-state index contributed by atoms with van der Waals surface area (Å²) in [6, 6.07) is 8.30. The molecule has 0 unspecified atom stereocenters. The fourth-order valence-corrected chi connectivity index (χ4v) is 4.16. The summed E-state index contributed by atoms with van der Waals surface area (Å²) in [7, 11) is -3.90. The van der Waals surface area contributed by atoms with Crippen LogP contribution in [0.2, 0.25) is 0 Å². The Hall–Kier alpha value is -2.19. The maximum Gasteiger partial charge on any atom is 0.305 e. The fraction of sp³-hybridized carbons (Fsp3) is 0.0714. The van der Waals surface area contributed by atoms with E-state index < -0.39 is 15.8 Å². The summed E-state index contributed by atoms with van der Waals surface area (Å²) in [6.45, 7) is 1.59. The van der Waals surface area contributed by atoms with Crippen molar-refractivity contribution in [2.45, 2.75) is 11.8 Å². The number of aromatic nitrogens is 1. The molecule has 114 valence electrons. The first-order valence-corrected chi connectivity index (χ1v) is 8.57. The molecule has 0 atom stereocenters. The van der Waals surface area contributed by atoms with E-state index in [2.05, 4.69) is 9.71 Å². The third-order valence-corrected chi connectivity index (χ3v) is 5.48. The van der Waals surface area contributed by atoms with Crippen LogP contribution in [0.1, 0.15) is 5.56 Å². The molecular weight excluding hydrogens is 327 g/mol. The van der Waals surface area contributed by atoms with Gasteiger partial charge in [0.1, 0.15) is 5.82 Å². The maximum atomic E-state index is 13.3. The monoisotopic (exact) mass is 338 g/mol. The summed E-state index contributed by atoms with van der Waals surface area (Å²) in [5, 5.41) is 0. The molecule has 3 aromatic rings. The van der Waals surface area contributed by atoms with Crippen LogP contribution in [0.3, 0.4) is 0 Å². The fourth-order valence-electron chi connectivity index (χ4n) is 2.08. The van der Waals surface area contributed by atoms with Crippen molar-refractivity contribution in [1.29, 1.82) is 0 Å². The van der Waals surface area contributed by atoms with Crippen molar-refractivity contribution in [3.05, 3.63) is 57.4 Å². The Morgan fingerprint density at radius 3 is 2.73 bits per heavy atom. The molecule has 2 N–H and O–H groups in total. The van der Waals surface area contributed by atoms with Gasteiger partial charge in [-0.3, -0.25) is 9.52 Å². The van der Waals surface area contributed by atoms with Crippen molar-refractivity contribution in [3.8, 4) is 0 Å². The molecular formula is C14H11FN2O3S2. The normalized spacial score (nSPS) is 11.7. The molecule has 0 radical (unpaired) electrons. The minimum atomic E-state index is -3.90. The lowest BCUT2D eigenvalue weighted by molar-refractivity contribution is 0.594. The molecule has 2 aromatic carbocycles. The van der Waals surface area contributed by atoms with Gasteiger partial charge in [-0.1, -0.05) is 17.4 Å². The van der Waals surface area contributed by atoms with E-state index in [1.807, 2.05) is 0 Å². The molecule has 8 heteroatoms. The summed E-state index contributed by atoms with van der Waals surface area (Å²) in [4.78, 5) is 13.6. The number of aromatic amines is 1. The van der Waals surface area contributed by atoms with Crippen LogP contribution in [-0.4, -0.2) is 13.4 Å². The zero-order valence-corrected chi connectivity index (χ0v) is 13.0. The van der Waals surface area contributed by atoms with Crippen LogP contribution in [0.15, 0.2) is 46.1 Å². The van der Waals surface area contributed by atoms with Crippen molar-refractivity contribution in [2.75, 3.05) is 4.72 Å². The third kappa shape index (κ3) is 2.75. The smallest absolute Gasteiger partial charge is 0.305 e. The summed E-state index contributed by atoms with van der Waals surface area (Å²) >= 11 is 0.988. The molecule has 0 saturated carbocycles. The lowest BCUT2D eigenvalue weighted by Crippen LogP contribution is -2.14. The number of rotatable bonds is 3. The van der Waals surface area contributed by atoms with Gasteiger partial charge in [-0.2, -0.15) is 0 Å². The van der Waals surface area contributed by atoms with Gasteiger partial charge >= 0.3 is 4.87 Å². The van der Waals surface area contributed by atoms with Gasteiger partial charge in [0.05, 0.1) is 20.8 Å². The minimum absolute atomic E-state index is 0.116. The number of halogens is 1. The number of hydrogen-bond donors (Lipinski definition) is 2. The van der Waals surface area contributed by atoms with Crippen LogP contribution < -0.4 is 9.60 Å². The van der Waals surface area contributed by atoms with E-state index in [1.165, 1.54) is 18.2 Å². The van der Waals surface area contributed by atoms with Gasteiger partial charge in [0.2, 0.25) is 0 Å². The van der Waals surface area contributed by atoms with Gasteiger partial charge in [-0.05, 0) is 42.8 Å². The van der Waals surface area contributed by atoms with Crippen LogP contribution in [0.4, 0.5) is 10.1 Å². The topological polar surface area (TPSA) is 79.0 Å². The number of benzene rings is 2. The Morgan fingerprint density at radius 2 is 1.95 bits per heavy atom. The molecule has 0 saturated heterocycles. The highest BCUT2D eigenvalue weighted by atomic mass is 32.2. The molecule has 0 amide bonds. The molecule has 0 aliphatic carbocycles. The van der Waals surface area contributed by atoms with E-state index in [0.717, 1.165) is 17.4 Å². The van der Waals surface area contributed by atoms with Crippen LogP contribution in [0.5, 0.6) is 0 Å². The van der Waals surface area contributed by atoms with E-state index in [9.17, 15) is 17.6 Å². The molecule has 0 fully saturated rings. The highest BCUT2D eigenvalue weighted by Gasteiger charge is 2.18. The predicted octanol–water partition coefficient (Wildman–Crippen LogP) is 2.84. The van der Waals surface area contributed by atoms with Gasteiger partial charge in [-0.15, -0.1) is 0 Å². The number of thiazole rings is 1. The van der Waals surface area contributed by atoms with E-state index in [4.69, 9.17) is 0 Å². The average molecular weight is 338 g/mol. The Bertz CT molecular complexity index is 1020. The molecule has 0 aliphatic heterocycles. The molecule has 5 nitrogen and oxygen atoms in total. The van der Waals surface area contributed by atoms with Gasteiger partial charge in [0.25, 0.3) is 10.0 Å². The number of hydrogen-bond acceptors (Lipinski definition) is 4. The molecule has 22 heavy (non-hydrogen) atoms. The molecule has 1 heterocycles. The zero-order chi connectivity index (χ0) is 15.9. The summed E-state index contributed by atoms with van der Waals surface area (Å²) in [6.07, 6.45) is 0. The highest BCUT2D eigenvalue weighted by Crippen LogP contribution is 2.24. The number of sulfonamides is 1. The Morgan fingerprint density at radius 1 is 1.18 bits per heavy atom. The van der Waals surface area contributed by atoms with Crippen LogP contribution in [0.25, 0.3) is 10.2 Å². The van der Waals surface area contributed by atoms with E-state index in [1.54, 1.807) is 19.1 Å². The largest absolute Gasteiger partial charge is 0.312 e. The number of H-pyrrole nitrogens is 1. The number of nitrogens with one attached hydrogen (secondary N) is 2. The predicted molar refractivity (Wildman–Crippen MR) is 84.4 cm³/mol. The third-order valence-electron chi connectivity index (χ3n) is 3.11. The molecule has 0 spiro atoms. The summed E-state index contributed by atoms with van der Waals surface area (Å²) < 4.78 is 41.1. The number of fused-ring (bicyclic) bond motifs is 1. The highest BCUT2D eigenvalue weighted by molar-refractivity contribution is 7.92. The first kappa shape index (κ1) is 14.7. The van der Waals surface area contributed by atoms with Gasteiger partial charge in [0.15, 0.2) is 0 Å². The zero-order valence-electron chi connectivity index (χ0n) is 11.4. The number of anilines is 1. The van der Waals surface area contributed by atoms with Crippen molar-refractivity contribution >= 4 is 37.3 Å². The van der Waals surface area contributed by atoms with Crippen molar-refractivity contribution in [2.24, 2.45) is 0 Å². The Kier molecular flexibility index (Phi) is 3.50. The minimum Gasteiger partial charge on any atom is -0.312 e. The first-order valence-electron chi connectivity index (χ1n) is 6.27. The summed E-state index contributed by atoms with van der Waals surface area (Å²) in [5.74, 6) is -0.620. The van der Waals surface area contributed by atoms with E-state index >= 15 is 0 Å². The van der Waals surface area contributed by atoms with Gasteiger partial charge < -0.3 is 4.98 Å². The van der Waals surface area contributed by atoms with Crippen LogP contribution >= 0.6 is 11.3 Å². The van der Waals surface area contributed by atoms with E-state index in [0.29, 0.717) is 21.5 Å². The second-order valence-electron chi connectivity index (χ2n) is 4.74. The lowest BCUT2D eigenvalue weighted by Gasteiger charge is -2.10. The quantitative estimate of drug-likeness (QED) is 0.771. The summed E-state index contributed by atoms with van der Waals surface area (Å²) in [5.41, 5.74) is 1.40. The second kappa shape index (κ2) is 5.22. The first-order chi connectivity index (χ1) is 10.3. The molecule has 0 aliphatic rings. The van der Waals surface area contributed by atoms with Gasteiger partial charge in [-0.25, -0.2) is 12.8 Å². The van der Waals surface area contributed by atoms with Crippen molar-refractivity contribution < 1.29 is 12.8 Å². The average Bonchev–Trinajstić information content (AvgIpc) is 2.80. The Balaban J connectivity index is 2.02. The number of aryl methyl sites for hydroxylation is 1. The van der Waals surface area contributed by atoms with Gasteiger partial charge in [0, 0.05) is 0 Å². The van der Waals surface area contributed by atoms with E-state index in [-0.39, 0.29) is 9.77 Å². The second-order valence-corrected chi connectivity index (χ2v) is 7.41. The molecule has 3 rings (SSSR count). The Labute approximate surface area is 129 Å². The van der Waals surface area contributed by atoms with Crippen molar-refractivity contribution in [1.82, 2.24) is 4.98 Å². The van der Waals surface area contributed by atoms with Crippen LogP contribution in [-0.2, 0) is 10.0 Å². The standard InChI is InChI=1S/C14H11FN2O3S2/c1-8-2-3-9(15)6-13(8)22(19,20)17-10-4-5-11-12(7-10)21-14(18)16-11/h2-7,17H,1H3,(H,16,18). The molecule has 1 aromatic heterocycles. The molecule has 0 bridgehead atoms. The van der Waals surface area contributed by atoms with Crippen LogP contribution in [0, 0.1) is 12.7 Å².